The molecular weight excluding hydrogens is 186 g/mol. The summed E-state index contributed by atoms with van der Waals surface area (Å²) in [6.45, 7) is 7.01. The molecule has 1 aromatic heterocycles. The molecule has 0 aliphatic carbocycles. The van der Waals surface area contributed by atoms with E-state index in [4.69, 9.17) is 5.73 Å². The Kier molecular flexibility index (Phi) is 4.72. The van der Waals surface area contributed by atoms with E-state index in [-0.39, 0.29) is 5.41 Å². The van der Waals surface area contributed by atoms with Crippen molar-refractivity contribution in [3.63, 3.8) is 0 Å². The molecule has 1 rings (SSSR count). The molecule has 3 nitrogen and oxygen atoms in total. The van der Waals surface area contributed by atoms with Crippen molar-refractivity contribution in [3.05, 3.63) is 30.1 Å². The highest BCUT2D eigenvalue weighted by atomic mass is 14.9. The van der Waals surface area contributed by atoms with E-state index < -0.39 is 0 Å². The van der Waals surface area contributed by atoms with Gasteiger partial charge >= 0.3 is 0 Å². The minimum atomic E-state index is 0.238. The van der Waals surface area contributed by atoms with Crippen LogP contribution in [0.2, 0.25) is 0 Å². The molecule has 0 fully saturated rings. The minimum absolute atomic E-state index is 0.238. The van der Waals surface area contributed by atoms with E-state index in [1.54, 1.807) is 6.20 Å². The zero-order valence-corrected chi connectivity index (χ0v) is 9.66. The molecule has 3 N–H and O–H groups in total. The highest BCUT2D eigenvalue weighted by Crippen LogP contribution is 2.16. The van der Waals surface area contributed by atoms with Gasteiger partial charge < -0.3 is 11.1 Å². The number of nitrogens with one attached hydrogen (secondary N) is 1. The highest BCUT2D eigenvalue weighted by Gasteiger charge is 2.13. The molecule has 0 aliphatic heterocycles. The zero-order chi connectivity index (χ0) is 11.1. The van der Waals surface area contributed by atoms with Crippen LogP contribution in [-0.4, -0.2) is 18.1 Å². The van der Waals surface area contributed by atoms with Crippen LogP contribution in [0.5, 0.6) is 0 Å². The first-order chi connectivity index (χ1) is 7.14. The van der Waals surface area contributed by atoms with Gasteiger partial charge in [-0.3, -0.25) is 4.98 Å². The van der Waals surface area contributed by atoms with Crippen LogP contribution >= 0.6 is 0 Å². The Bertz CT molecular complexity index is 269. The van der Waals surface area contributed by atoms with Gasteiger partial charge in [0.15, 0.2) is 0 Å². The SMILES string of the molecule is CC(C)(CN)CCNCc1cccnc1. The molecular formula is C12H21N3. The van der Waals surface area contributed by atoms with Crippen LogP contribution in [-0.2, 0) is 6.54 Å². The molecule has 15 heavy (non-hydrogen) atoms. The van der Waals surface area contributed by atoms with Crippen LogP contribution in [0.25, 0.3) is 0 Å². The van der Waals surface area contributed by atoms with Gasteiger partial charge in [-0.2, -0.15) is 0 Å². The zero-order valence-electron chi connectivity index (χ0n) is 9.66. The van der Waals surface area contributed by atoms with Crippen molar-refractivity contribution in [2.24, 2.45) is 11.1 Å². The third kappa shape index (κ3) is 4.91. The minimum Gasteiger partial charge on any atom is -0.330 e. The summed E-state index contributed by atoms with van der Waals surface area (Å²) in [7, 11) is 0. The van der Waals surface area contributed by atoms with Crippen LogP contribution in [0.15, 0.2) is 24.5 Å². The molecule has 0 bridgehead atoms. The van der Waals surface area contributed by atoms with E-state index >= 15 is 0 Å². The number of nitrogens with two attached hydrogens (primary N) is 1. The Labute approximate surface area is 92.1 Å². The second-order valence-corrected chi connectivity index (χ2v) is 4.66. The van der Waals surface area contributed by atoms with E-state index in [1.165, 1.54) is 5.56 Å². The highest BCUT2D eigenvalue weighted by molar-refractivity contribution is 5.07. The van der Waals surface area contributed by atoms with Crippen molar-refractivity contribution >= 4 is 0 Å². The van der Waals surface area contributed by atoms with E-state index in [2.05, 4.69) is 30.2 Å². The van der Waals surface area contributed by atoms with Crippen molar-refractivity contribution in [1.82, 2.24) is 10.3 Å². The summed E-state index contributed by atoms with van der Waals surface area (Å²) in [5.41, 5.74) is 7.12. The molecule has 0 amide bonds. The summed E-state index contributed by atoms with van der Waals surface area (Å²) >= 11 is 0. The second-order valence-electron chi connectivity index (χ2n) is 4.66. The predicted molar refractivity (Wildman–Crippen MR) is 63.4 cm³/mol. The summed E-state index contributed by atoms with van der Waals surface area (Å²) in [6.07, 6.45) is 4.78. The van der Waals surface area contributed by atoms with Crippen molar-refractivity contribution in [2.45, 2.75) is 26.8 Å². The molecule has 1 aromatic rings. The van der Waals surface area contributed by atoms with Gasteiger partial charge in [0.05, 0.1) is 0 Å². The maximum atomic E-state index is 5.66. The molecule has 84 valence electrons. The van der Waals surface area contributed by atoms with Gasteiger partial charge in [-0.05, 0) is 36.6 Å². The number of hydrogen-bond acceptors (Lipinski definition) is 3. The summed E-state index contributed by atoms with van der Waals surface area (Å²) < 4.78 is 0. The van der Waals surface area contributed by atoms with Gasteiger partial charge in [-0.25, -0.2) is 0 Å². The fourth-order valence-corrected chi connectivity index (χ4v) is 1.26. The summed E-state index contributed by atoms with van der Waals surface area (Å²) in [6, 6.07) is 4.04. The molecule has 1 heterocycles. The molecule has 0 unspecified atom stereocenters. The van der Waals surface area contributed by atoms with Crippen LogP contribution in [0.1, 0.15) is 25.8 Å². The lowest BCUT2D eigenvalue weighted by Gasteiger charge is -2.22. The first kappa shape index (κ1) is 12.1. The summed E-state index contributed by atoms with van der Waals surface area (Å²) in [5.74, 6) is 0. The predicted octanol–water partition coefficient (Wildman–Crippen LogP) is 1.55. The molecule has 0 atom stereocenters. The maximum absolute atomic E-state index is 5.66. The van der Waals surface area contributed by atoms with Crippen LogP contribution in [0.3, 0.4) is 0 Å². The Morgan fingerprint density at radius 2 is 2.27 bits per heavy atom. The number of nitrogens with zero attached hydrogens (tertiary/aromatic N) is 1. The van der Waals surface area contributed by atoms with Crippen molar-refractivity contribution < 1.29 is 0 Å². The van der Waals surface area contributed by atoms with Crippen LogP contribution in [0, 0.1) is 5.41 Å². The fourth-order valence-electron chi connectivity index (χ4n) is 1.26. The number of hydrogen-bond donors (Lipinski definition) is 2. The fraction of sp³-hybridized carbons (Fsp3) is 0.583. The molecule has 0 spiro atoms. The van der Waals surface area contributed by atoms with Gasteiger partial charge in [0.2, 0.25) is 0 Å². The molecule has 0 radical (unpaired) electrons. The molecule has 3 heteroatoms. The lowest BCUT2D eigenvalue weighted by atomic mass is 9.90. The molecule has 0 saturated carbocycles. The largest absolute Gasteiger partial charge is 0.330 e. The number of rotatable bonds is 6. The first-order valence-corrected chi connectivity index (χ1v) is 5.44. The second kappa shape index (κ2) is 5.83. The average molecular weight is 207 g/mol. The Morgan fingerprint density at radius 3 is 2.87 bits per heavy atom. The van der Waals surface area contributed by atoms with Gasteiger partial charge in [0.1, 0.15) is 0 Å². The summed E-state index contributed by atoms with van der Waals surface area (Å²) in [4.78, 5) is 4.07. The summed E-state index contributed by atoms with van der Waals surface area (Å²) in [5, 5.41) is 3.40. The van der Waals surface area contributed by atoms with Gasteiger partial charge in [0.25, 0.3) is 0 Å². The molecule has 0 saturated heterocycles. The van der Waals surface area contributed by atoms with E-state index in [0.29, 0.717) is 0 Å². The van der Waals surface area contributed by atoms with Gasteiger partial charge in [-0.15, -0.1) is 0 Å². The van der Waals surface area contributed by atoms with Gasteiger partial charge in [-0.1, -0.05) is 19.9 Å². The van der Waals surface area contributed by atoms with E-state index in [0.717, 1.165) is 26.1 Å². The molecule has 0 aliphatic rings. The van der Waals surface area contributed by atoms with Crippen molar-refractivity contribution in [3.8, 4) is 0 Å². The monoisotopic (exact) mass is 207 g/mol. The third-order valence-corrected chi connectivity index (χ3v) is 2.58. The quantitative estimate of drug-likeness (QED) is 0.696. The normalized spacial score (nSPS) is 11.7. The number of aromatic nitrogens is 1. The lowest BCUT2D eigenvalue weighted by Crippen LogP contribution is -2.28. The van der Waals surface area contributed by atoms with Crippen LogP contribution < -0.4 is 11.1 Å². The first-order valence-electron chi connectivity index (χ1n) is 5.44. The standard InChI is InChI=1S/C12H21N3/c1-12(2,10-13)5-7-15-9-11-4-3-6-14-8-11/h3-4,6,8,15H,5,7,9-10,13H2,1-2H3. The van der Waals surface area contributed by atoms with E-state index in [9.17, 15) is 0 Å². The lowest BCUT2D eigenvalue weighted by molar-refractivity contribution is 0.339. The molecule has 0 aromatic carbocycles. The topological polar surface area (TPSA) is 50.9 Å². The van der Waals surface area contributed by atoms with Crippen molar-refractivity contribution in [1.29, 1.82) is 0 Å². The smallest absolute Gasteiger partial charge is 0.0312 e. The Morgan fingerprint density at radius 1 is 1.47 bits per heavy atom. The van der Waals surface area contributed by atoms with Crippen molar-refractivity contribution in [2.75, 3.05) is 13.1 Å². The number of pyridine rings is 1. The Balaban J connectivity index is 2.18. The Hall–Kier alpha value is -0.930. The maximum Gasteiger partial charge on any atom is 0.0312 e. The van der Waals surface area contributed by atoms with Gasteiger partial charge in [0, 0.05) is 18.9 Å². The van der Waals surface area contributed by atoms with Crippen LogP contribution in [0.4, 0.5) is 0 Å². The average Bonchev–Trinajstić information content (AvgIpc) is 2.26. The third-order valence-electron chi connectivity index (χ3n) is 2.58. The van der Waals surface area contributed by atoms with E-state index in [1.807, 2.05) is 12.3 Å².